The zero-order valence-corrected chi connectivity index (χ0v) is 17.1. The molecule has 0 aliphatic heterocycles. The van der Waals surface area contributed by atoms with E-state index in [0.717, 1.165) is 40.1 Å². The fraction of sp³-hybridized carbons (Fsp3) is 0.333. The monoisotopic (exact) mass is 418 g/mol. The fourth-order valence-electron chi connectivity index (χ4n) is 3.28. The standard InChI is InChI=1S/C18H18N4O2S3/c1-9-2-3-10-12(6-9)27-18(14(10)15(19)24)22-13(23)7-26-17-11-4-5-25-16(11)20-8-21-17/h4-5,8-9H,2-3,6-7H2,1H3,(H2,19,24)(H,22,23)/t9-/m1/s1. The number of primary amides is 1. The van der Waals surface area contributed by atoms with Crippen molar-refractivity contribution in [3.05, 3.63) is 33.8 Å². The van der Waals surface area contributed by atoms with Gasteiger partial charge in [-0.25, -0.2) is 9.97 Å². The predicted octanol–water partition coefficient (Wildman–Crippen LogP) is 3.71. The molecule has 0 bridgehead atoms. The van der Waals surface area contributed by atoms with Crippen molar-refractivity contribution in [2.24, 2.45) is 11.7 Å². The van der Waals surface area contributed by atoms with E-state index in [9.17, 15) is 9.59 Å². The van der Waals surface area contributed by atoms with E-state index in [-0.39, 0.29) is 11.7 Å². The molecule has 140 valence electrons. The number of carbonyl (C=O) groups is 2. The van der Waals surface area contributed by atoms with Gasteiger partial charge in [0.05, 0.1) is 11.3 Å². The third kappa shape index (κ3) is 3.71. The Kier molecular flexibility index (Phi) is 5.16. The number of nitrogens with two attached hydrogens (primary N) is 1. The van der Waals surface area contributed by atoms with Crippen LogP contribution in [0.3, 0.4) is 0 Å². The summed E-state index contributed by atoms with van der Waals surface area (Å²) in [5.41, 5.74) is 7.11. The number of hydrogen-bond acceptors (Lipinski definition) is 7. The van der Waals surface area contributed by atoms with E-state index in [1.165, 1.54) is 34.3 Å². The molecule has 0 unspecified atom stereocenters. The molecule has 1 aliphatic carbocycles. The largest absolute Gasteiger partial charge is 0.365 e. The molecule has 0 fully saturated rings. The zero-order valence-electron chi connectivity index (χ0n) is 14.7. The first kappa shape index (κ1) is 18.4. The van der Waals surface area contributed by atoms with Crippen LogP contribution in [0.4, 0.5) is 5.00 Å². The molecule has 0 saturated heterocycles. The van der Waals surface area contributed by atoms with Gasteiger partial charge in [0.15, 0.2) is 0 Å². The Balaban J connectivity index is 1.50. The van der Waals surface area contributed by atoms with Gasteiger partial charge in [-0.15, -0.1) is 22.7 Å². The van der Waals surface area contributed by atoms with E-state index in [4.69, 9.17) is 5.73 Å². The first-order valence-electron chi connectivity index (χ1n) is 8.58. The number of fused-ring (bicyclic) bond motifs is 2. The number of nitrogens with zero attached hydrogens (tertiary/aromatic N) is 2. The Hall–Kier alpha value is -1.97. The summed E-state index contributed by atoms with van der Waals surface area (Å²) in [6.45, 7) is 2.20. The number of amides is 2. The molecule has 0 aromatic carbocycles. The highest BCUT2D eigenvalue weighted by molar-refractivity contribution is 8.00. The Morgan fingerprint density at radius 1 is 1.41 bits per heavy atom. The second kappa shape index (κ2) is 7.57. The van der Waals surface area contributed by atoms with Gasteiger partial charge in [-0.3, -0.25) is 9.59 Å². The summed E-state index contributed by atoms with van der Waals surface area (Å²) in [6, 6.07) is 1.96. The highest BCUT2D eigenvalue weighted by Crippen LogP contribution is 2.39. The lowest BCUT2D eigenvalue weighted by atomic mass is 9.88. The number of thioether (sulfide) groups is 1. The molecule has 3 aromatic rings. The first-order chi connectivity index (χ1) is 13.0. The van der Waals surface area contributed by atoms with Crippen molar-refractivity contribution in [2.75, 3.05) is 11.1 Å². The van der Waals surface area contributed by atoms with Crippen molar-refractivity contribution in [3.63, 3.8) is 0 Å². The van der Waals surface area contributed by atoms with Gasteiger partial charge in [0.2, 0.25) is 5.91 Å². The lowest BCUT2D eigenvalue weighted by molar-refractivity contribution is -0.113. The molecule has 3 heterocycles. The second-order valence-electron chi connectivity index (χ2n) is 6.58. The molecule has 1 atom stereocenters. The summed E-state index contributed by atoms with van der Waals surface area (Å²) >= 11 is 4.39. The van der Waals surface area contributed by atoms with Gasteiger partial charge in [0.1, 0.15) is 21.2 Å². The van der Waals surface area contributed by atoms with Crippen molar-refractivity contribution in [1.82, 2.24) is 9.97 Å². The van der Waals surface area contributed by atoms with E-state index in [1.807, 2.05) is 11.4 Å². The number of nitrogens with one attached hydrogen (secondary N) is 1. The summed E-state index contributed by atoms with van der Waals surface area (Å²) in [4.78, 5) is 35.0. The highest BCUT2D eigenvalue weighted by atomic mass is 32.2. The topological polar surface area (TPSA) is 98.0 Å². The number of carbonyl (C=O) groups excluding carboxylic acids is 2. The number of rotatable bonds is 5. The van der Waals surface area contributed by atoms with Gasteiger partial charge in [0.25, 0.3) is 5.91 Å². The lowest BCUT2D eigenvalue weighted by Gasteiger charge is -2.18. The molecule has 3 aromatic heterocycles. The molecular weight excluding hydrogens is 400 g/mol. The van der Waals surface area contributed by atoms with Crippen LogP contribution in [0, 0.1) is 5.92 Å². The lowest BCUT2D eigenvalue weighted by Crippen LogP contribution is -2.20. The van der Waals surface area contributed by atoms with Crippen LogP contribution in [0.25, 0.3) is 10.2 Å². The predicted molar refractivity (Wildman–Crippen MR) is 111 cm³/mol. The van der Waals surface area contributed by atoms with Crippen molar-refractivity contribution in [2.45, 2.75) is 31.2 Å². The van der Waals surface area contributed by atoms with Gasteiger partial charge in [-0.2, -0.15) is 0 Å². The molecule has 0 spiro atoms. The van der Waals surface area contributed by atoms with Crippen LogP contribution in [0.2, 0.25) is 0 Å². The van der Waals surface area contributed by atoms with Crippen molar-refractivity contribution < 1.29 is 9.59 Å². The van der Waals surface area contributed by atoms with Gasteiger partial charge < -0.3 is 11.1 Å². The maximum absolute atomic E-state index is 12.5. The molecule has 9 heteroatoms. The third-order valence-electron chi connectivity index (χ3n) is 4.58. The van der Waals surface area contributed by atoms with Gasteiger partial charge >= 0.3 is 0 Å². The summed E-state index contributed by atoms with van der Waals surface area (Å²) < 4.78 is 0. The average molecular weight is 419 g/mol. The van der Waals surface area contributed by atoms with E-state index in [2.05, 4.69) is 22.2 Å². The number of aromatic nitrogens is 2. The third-order valence-corrected chi connectivity index (χ3v) is 7.57. The minimum Gasteiger partial charge on any atom is -0.365 e. The van der Waals surface area contributed by atoms with Crippen molar-refractivity contribution in [3.8, 4) is 0 Å². The summed E-state index contributed by atoms with van der Waals surface area (Å²) in [5, 5.41) is 7.17. The molecule has 0 radical (unpaired) electrons. The van der Waals surface area contributed by atoms with Crippen LogP contribution >= 0.6 is 34.4 Å². The highest BCUT2D eigenvalue weighted by Gasteiger charge is 2.27. The summed E-state index contributed by atoms with van der Waals surface area (Å²) in [6.07, 6.45) is 4.32. The number of thiophene rings is 2. The van der Waals surface area contributed by atoms with Gasteiger partial charge in [-0.1, -0.05) is 18.7 Å². The Bertz CT molecular complexity index is 1030. The molecular formula is C18H18N4O2S3. The fourth-order valence-corrected chi connectivity index (χ4v) is 6.29. The molecule has 3 N–H and O–H groups in total. The Labute approximate surface area is 168 Å². The van der Waals surface area contributed by atoms with Crippen molar-refractivity contribution in [1.29, 1.82) is 0 Å². The molecule has 0 saturated carbocycles. The maximum atomic E-state index is 12.5. The number of hydrogen-bond donors (Lipinski definition) is 2. The van der Waals surface area contributed by atoms with Crippen LogP contribution in [0.5, 0.6) is 0 Å². The SMILES string of the molecule is C[C@@H]1CCc2c(sc(NC(=O)CSc3ncnc4sccc34)c2C(N)=O)C1. The van der Waals surface area contributed by atoms with E-state index in [1.54, 1.807) is 11.3 Å². The zero-order chi connectivity index (χ0) is 19.0. The van der Waals surface area contributed by atoms with Crippen LogP contribution < -0.4 is 11.1 Å². The van der Waals surface area contributed by atoms with E-state index < -0.39 is 5.91 Å². The van der Waals surface area contributed by atoms with Gasteiger partial charge in [0, 0.05) is 10.3 Å². The summed E-state index contributed by atoms with van der Waals surface area (Å²) in [5.74, 6) is 0.151. The number of anilines is 1. The van der Waals surface area contributed by atoms with E-state index >= 15 is 0 Å². The van der Waals surface area contributed by atoms with Crippen molar-refractivity contribution >= 4 is 61.5 Å². The molecule has 2 amide bonds. The second-order valence-corrected chi connectivity index (χ2v) is 9.54. The van der Waals surface area contributed by atoms with Crippen LogP contribution in [0.1, 0.15) is 34.1 Å². The van der Waals surface area contributed by atoms with Crippen LogP contribution in [-0.2, 0) is 17.6 Å². The Morgan fingerprint density at radius 2 is 2.26 bits per heavy atom. The minimum atomic E-state index is -0.471. The molecule has 6 nitrogen and oxygen atoms in total. The minimum absolute atomic E-state index is 0.170. The van der Waals surface area contributed by atoms with Gasteiger partial charge in [-0.05, 0) is 42.2 Å². The molecule has 4 rings (SSSR count). The van der Waals surface area contributed by atoms with E-state index in [0.29, 0.717) is 16.5 Å². The first-order valence-corrected chi connectivity index (χ1v) is 11.3. The van der Waals surface area contributed by atoms with Crippen LogP contribution in [0.15, 0.2) is 22.8 Å². The molecule has 1 aliphatic rings. The Morgan fingerprint density at radius 3 is 3.07 bits per heavy atom. The molecule has 27 heavy (non-hydrogen) atoms. The summed E-state index contributed by atoms with van der Waals surface area (Å²) in [7, 11) is 0. The average Bonchev–Trinajstić information content (AvgIpc) is 3.23. The quantitative estimate of drug-likeness (QED) is 0.486. The normalized spacial score (nSPS) is 16.3. The maximum Gasteiger partial charge on any atom is 0.251 e. The smallest absolute Gasteiger partial charge is 0.251 e. The van der Waals surface area contributed by atoms with Crippen LogP contribution in [-0.4, -0.2) is 27.5 Å².